The van der Waals surface area contributed by atoms with Crippen LogP contribution in [0.1, 0.15) is 29.9 Å². The molecule has 3 nitrogen and oxygen atoms in total. The molecule has 2 heterocycles. The number of hydrogen-bond donors (Lipinski definition) is 1. The van der Waals surface area contributed by atoms with Gasteiger partial charge in [-0.3, -0.25) is 4.98 Å². The van der Waals surface area contributed by atoms with Gasteiger partial charge in [0.25, 0.3) is 0 Å². The molecule has 102 valence electrons. The summed E-state index contributed by atoms with van der Waals surface area (Å²) in [4.78, 5) is 5.49. The highest BCUT2D eigenvalue weighted by molar-refractivity contribution is 7.09. The fraction of sp³-hybridized carbons (Fsp3) is 0.400. The van der Waals surface area contributed by atoms with E-state index >= 15 is 0 Å². The van der Waals surface area contributed by atoms with Gasteiger partial charge in [0.05, 0.1) is 12.7 Å². The first-order valence-corrected chi connectivity index (χ1v) is 7.48. The zero-order valence-corrected chi connectivity index (χ0v) is 12.0. The molecular formula is C15H20N2OS. The summed E-state index contributed by atoms with van der Waals surface area (Å²) < 4.78 is 6.00. The third-order valence-corrected chi connectivity index (χ3v) is 4.04. The number of nitrogens with two attached hydrogens (primary N) is 1. The quantitative estimate of drug-likeness (QED) is 0.845. The lowest BCUT2D eigenvalue weighted by atomic mass is 10.0. The topological polar surface area (TPSA) is 48.1 Å². The molecule has 0 aromatic carbocycles. The van der Waals surface area contributed by atoms with E-state index in [1.165, 1.54) is 4.88 Å². The molecule has 0 saturated carbocycles. The molecule has 0 bridgehead atoms. The van der Waals surface area contributed by atoms with Crippen LogP contribution in [0.25, 0.3) is 0 Å². The van der Waals surface area contributed by atoms with Gasteiger partial charge in [0.15, 0.2) is 0 Å². The summed E-state index contributed by atoms with van der Waals surface area (Å²) in [5.74, 6) is 0. The molecule has 19 heavy (non-hydrogen) atoms. The number of ether oxygens (including phenoxy) is 1. The van der Waals surface area contributed by atoms with E-state index in [-0.39, 0.29) is 12.1 Å². The van der Waals surface area contributed by atoms with Crippen molar-refractivity contribution in [3.63, 3.8) is 0 Å². The Balaban J connectivity index is 1.95. The standard InChI is InChI=1S/C15H20N2OS/c1-2-14(16)15(12-5-3-8-17-11-12)18-9-7-13-6-4-10-19-13/h3-6,8,10-11,14-15H,2,7,9,16H2,1H3. The first kappa shape index (κ1) is 14.2. The van der Waals surface area contributed by atoms with Crippen LogP contribution in [-0.2, 0) is 11.2 Å². The van der Waals surface area contributed by atoms with Gasteiger partial charge in [-0.05, 0) is 23.9 Å². The third-order valence-electron chi connectivity index (χ3n) is 3.10. The average Bonchev–Trinajstić information content (AvgIpc) is 2.97. The van der Waals surface area contributed by atoms with Crippen molar-refractivity contribution >= 4 is 11.3 Å². The maximum absolute atomic E-state index is 6.16. The van der Waals surface area contributed by atoms with Crippen molar-refractivity contribution in [1.29, 1.82) is 0 Å². The fourth-order valence-electron chi connectivity index (χ4n) is 1.97. The average molecular weight is 276 g/mol. The summed E-state index contributed by atoms with van der Waals surface area (Å²) in [5.41, 5.74) is 7.22. The van der Waals surface area contributed by atoms with Crippen molar-refractivity contribution in [3.05, 3.63) is 52.5 Å². The molecule has 0 aliphatic carbocycles. The van der Waals surface area contributed by atoms with Crippen LogP contribution in [0.5, 0.6) is 0 Å². The Morgan fingerprint density at radius 3 is 2.89 bits per heavy atom. The number of pyridine rings is 1. The molecule has 0 aliphatic heterocycles. The summed E-state index contributed by atoms with van der Waals surface area (Å²) in [6, 6.07) is 8.15. The first-order valence-electron chi connectivity index (χ1n) is 6.60. The Labute approximate surface area is 118 Å². The Morgan fingerprint density at radius 2 is 2.26 bits per heavy atom. The minimum atomic E-state index is -0.0707. The molecule has 2 N–H and O–H groups in total. The minimum Gasteiger partial charge on any atom is -0.371 e. The van der Waals surface area contributed by atoms with Crippen LogP contribution in [0.2, 0.25) is 0 Å². The highest BCUT2D eigenvalue weighted by Gasteiger charge is 2.19. The van der Waals surface area contributed by atoms with Crippen LogP contribution in [0, 0.1) is 0 Å². The molecule has 0 spiro atoms. The second kappa shape index (κ2) is 7.38. The van der Waals surface area contributed by atoms with Crippen molar-refractivity contribution < 1.29 is 4.74 Å². The van der Waals surface area contributed by atoms with Gasteiger partial charge in [0.2, 0.25) is 0 Å². The van der Waals surface area contributed by atoms with E-state index in [2.05, 4.69) is 29.4 Å². The van der Waals surface area contributed by atoms with Crippen molar-refractivity contribution in [2.75, 3.05) is 6.61 Å². The van der Waals surface area contributed by atoms with Gasteiger partial charge in [0, 0.05) is 35.3 Å². The van der Waals surface area contributed by atoms with Gasteiger partial charge in [-0.15, -0.1) is 11.3 Å². The third kappa shape index (κ3) is 4.13. The zero-order valence-electron chi connectivity index (χ0n) is 11.2. The van der Waals surface area contributed by atoms with Crippen molar-refractivity contribution in [3.8, 4) is 0 Å². The smallest absolute Gasteiger partial charge is 0.0990 e. The van der Waals surface area contributed by atoms with E-state index in [4.69, 9.17) is 10.5 Å². The number of thiophene rings is 1. The predicted molar refractivity (Wildman–Crippen MR) is 79.2 cm³/mol. The fourth-order valence-corrected chi connectivity index (χ4v) is 2.66. The van der Waals surface area contributed by atoms with E-state index in [1.807, 2.05) is 18.3 Å². The van der Waals surface area contributed by atoms with Gasteiger partial charge in [-0.2, -0.15) is 0 Å². The predicted octanol–water partition coefficient (Wildman–Crippen LogP) is 3.18. The maximum Gasteiger partial charge on any atom is 0.0990 e. The number of aromatic nitrogens is 1. The molecule has 2 aromatic heterocycles. The van der Waals surface area contributed by atoms with E-state index in [1.54, 1.807) is 17.5 Å². The van der Waals surface area contributed by atoms with E-state index in [9.17, 15) is 0 Å². The molecule has 2 atom stereocenters. The zero-order chi connectivity index (χ0) is 13.5. The molecule has 0 saturated heterocycles. The van der Waals surface area contributed by atoms with E-state index < -0.39 is 0 Å². The highest BCUT2D eigenvalue weighted by Crippen LogP contribution is 2.22. The normalized spacial score (nSPS) is 14.2. The van der Waals surface area contributed by atoms with Crippen LogP contribution < -0.4 is 5.73 Å². The van der Waals surface area contributed by atoms with E-state index in [0.29, 0.717) is 6.61 Å². The molecule has 2 rings (SSSR count). The lowest BCUT2D eigenvalue weighted by Gasteiger charge is -2.23. The lowest BCUT2D eigenvalue weighted by molar-refractivity contribution is 0.0355. The maximum atomic E-state index is 6.16. The summed E-state index contributed by atoms with van der Waals surface area (Å²) >= 11 is 1.76. The van der Waals surface area contributed by atoms with E-state index in [0.717, 1.165) is 18.4 Å². The molecule has 0 radical (unpaired) electrons. The van der Waals surface area contributed by atoms with Crippen LogP contribution in [0.4, 0.5) is 0 Å². The summed E-state index contributed by atoms with van der Waals surface area (Å²) in [6.45, 7) is 2.77. The van der Waals surface area contributed by atoms with Crippen molar-refractivity contribution in [1.82, 2.24) is 4.98 Å². The number of nitrogens with zero attached hydrogens (tertiary/aromatic N) is 1. The second-order valence-electron chi connectivity index (χ2n) is 4.48. The Hall–Kier alpha value is -1.23. The Morgan fingerprint density at radius 1 is 1.37 bits per heavy atom. The number of hydrogen-bond acceptors (Lipinski definition) is 4. The Bertz CT molecular complexity index is 458. The van der Waals surface area contributed by atoms with Crippen LogP contribution in [0.3, 0.4) is 0 Å². The van der Waals surface area contributed by atoms with Crippen LogP contribution in [0.15, 0.2) is 42.0 Å². The minimum absolute atomic E-state index is 0.00698. The molecule has 2 unspecified atom stereocenters. The molecule has 0 aliphatic rings. The summed E-state index contributed by atoms with van der Waals surface area (Å²) in [7, 11) is 0. The highest BCUT2D eigenvalue weighted by atomic mass is 32.1. The van der Waals surface area contributed by atoms with Gasteiger partial charge < -0.3 is 10.5 Å². The molecule has 2 aromatic rings. The van der Waals surface area contributed by atoms with Gasteiger partial charge in [-0.25, -0.2) is 0 Å². The van der Waals surface area contributed by atoms with Gasteiger partial charge in [0.1, 0.15) is 0 Å². The molecule has 4 heteroatoms. The van der Waals surface area contributed by atoms with Crippen molar-refractivity contribution in [2.45, 2.75) is 31.9 Å². The Kier molecular flexibility index (Phi) is 5.51. The monoisotopic (exact) mass is 276 g/mol. The van der Waals surface area contributed by atoms with Crippen molar-refractivity contribution in [2.24, 2.45) is 5.73 Å². The van der Waals surface area contributed by atoms with Crippen LogP contribution in [-0.4, -0.2) is 17.6 Å². The first-order chi connectivity index (χ1) is 9.31. The molecule has 0 amide bonds. The second-order valence-corrected chi connectivity index (χ2v) is 5.51. The van der Waals surface area contributed by atoms with Crippen LogP contribution >= 0.6 is 11.3 Å². The summed E-state index contributed by atoms with van der Waals surface area (Å²) in [5, 5.41) is 2.09. The SMILES string of the molecule is CCC(N)C(OCCc1cccs1)c1cccnc1. The molecular weight excluding hydrogens is 256 g/mol. The summed E-state index contributed by atoms with van der Waals surface area (Å²) in [6.07, 6.45) is 5.36. The van der Waals surface area contributed by atoms with Gasteiger partial charge in [-0.1, -0.05) is 19.1 Å². The number of rotatable bonds is 7. The largest absolute Gasteiger partial charge is 0.371 e. The van der Waals surface area contributed by atoms with Gasteiger partial charge >= 0.3 is 0 Å². The lowest BCUT2D eigenvalue weighted by Crippen LogP contribution is -2.30. The molecule has 0 fully saturated rings.